The number of hydrogen-bond acceptors (Lipinski definition) is 3. The van der Waals surface area contributed by atoms with E-state index in [-0.39, 0.29) is 6.04 Å². The van der Waals surface area contributed by atoms with Gasteiger partial charge in [-0.3, -0.25) is 0 Å². The van der Waals surface area contributed by atoms with E-state index in [1.54, 1.807) is 6.26 Å². The molecule has 0 radical (unpaired) electrons. The second-order valence-electron chi connectivity index (χ2n) is 6.75. The maximum Gasteiger partial charge on any atom is 0.174 e. The zero-order valence-electron chi connectivity index (χ0n) is 15.6. The molecule has 1 saturated carbocycles. The summed E-state index contributed by atoms with van der Waals surface area (Å²) in [5.41, 5.74) is 0.909. The summed E-state index contributed by atoms with van der Waals surface area (Å²) >= 11 is 5.85. The largest absolute Gasteiger partial charge is 0.492 e. The fourth-order valence-electron chi connectivity index (χ4n) is 3.71. The molecular weight excluding hydrogens is 344 g/mol. The van der Waals surface area contributed by atoms with Crippen LogP contribution in [0.4, 0.5) is 5.69 Å². The first-order valence-electron chi connectivity index (χ1n) is 9.55. The smallest absolute Gasteiger partial charge is 0.174 e. The first-order chi connectivity index (χ1) is 12.7. The number of benzene rings is 1. The molecule has 3 rings (SSSR count). The number of ether oxygens (including phenoxy) is 1. The fraction of sp³-hybridized carbons (Fsp3) is 0.476. The zero-order valence-corrected chi connectivity index (χ0v) is 16.4. The lowest BCUT2D eigenvalue weighted by atomic mass is 9.93. The van der Waals surface area contributed by atoms with Gasteiger partial charge in [-0.15, -0.1) is 0 Å². The van der Waals surface area contributed by atoms with E-state index in [4.69, 9.17) is 21.4 Å². The summed E-state index contributed by atoms with van der Waals surface area (Å²) < 4.78 is 11.4. The van der Waals surface area contributed by atoms with Gasteiger partial charge in [0.1, 0.15) is 11.5 Å². The SMILES string of the molecule is CCOc1ccccc1NC(=S)N(C1CCCCC1)[C@@H](C)c1ccco1. The molecule has 0 saturated heterocycles. The van der Waals surface area contributed by atoms with Gasteiger partial charge in [-0.05, 0) is 63.2 Å². The van der Waals surface area contributed by atoms with Gasteiger partial charge in [-0.2, -0.15) is 0 Å². The number of rotatable bonds is 6. The van der Waals surface area contributed by atoms with Crippen LogP contribution >= 0.6 is 12.2 Å². The minimum atomic E-state index is 0.0901. The van der Waals surface area contributed by atoms with Crippen molar-refractivity contribution in [3.8, 4) is 5.75 Å². The molecule has 0 amide bonds. The average molecular weight is 373 g/mol. The summed E-state index contributed by atoms with van der Waals surface area (Å²) in [5, 5.41) is 4.16. The highest BCUT2D eigenvalue weighted by Crippen LogP contribution is 2.32. The number of hydrogen-bond donors (Lipinski definition) is 1. The molecule has 1 aliphatic rings. The van der Waals surface area contributed by atoms with E-state index in [9.17, 15) is 0 Å². The standard InChI is InChI=1S/C21H28N2O2S/c1-3-24-20-13-8-7-12-18(20)22-21(26)23(17-10-5-4-6-11-17)16(2)19-14-9-15-25-19/h7-9,12-17H,3-6,10-11H2,1-2H3,(H,22,26)/t16-/m0/s1. The highest BCUT2D eigenvalue weighted by Gasteiger charge is 2.29. The van der Waals surface area contributed by atoms with Gasteiger partial charge in [0, 0.05) is 6.04 Å². The molecule has 1 atom stereocenters. The lowest BCUT2D eigenvalue weighted by Gasteiger charge is -2.39. The molecule has 0 spiro atoms. The van der Waals surface area contributed by atoms with Crippen LogP contribution in [0.25, 0.3) is 0 Å². The normalized spacial score (nSPS) is 16.1. The van der Waals surface area contributed by atoms with Crippen molar-refractivity contribution < 1.29 is 9.15 Å². The molecule has 0 aliphatic heterocycles. The Kier molecular flexibility index (Phi) is 6.56. The zero-order chi connectivity index (χ0) is 18.4. The number of para-hydroxylation sites is 2. The van der Waals surface area contributed by atoms with Crippen LogP contribution in [0.15, 0.2) is 47.1 Å². The van der Waals surface area contributed by atoms with E-state index >= 15 is 0 Å². The molecule has 1 aromatic carbocycles. The summed E-state index contributed by atoms with van der Waals surface area (Å²) in [7, 11) is 0. The van der Waals surface area contributed by atoms with Gasteiger partial charge < -0.3 is 19.4 Å². The predicted octanol–water partition coefficient (Wildman–Crippen LogP) is 5.77. The minimum absolute atomic E-state index is 0.0901. The molecule has 0 unspecified atom stereocenters. The van der Waals surface area contributed by atoms with E-state index < -0.39 is 0 Å². The van der Waals surface area contributed by atoms with Crippen molar-refractivity contribution in [3.63, 3.8) is 0 Å². The number of furan rings is 1. The van der Waals surface area contributed by atoms with Crippen LogP contribution in [-0.2, 0) is 0 Å². The van der Waals surface area contributed by atoms with Crippen molar-refractivity contribution in [1.82, 2.24) is 4.90 Å². The van der Waals surface area contributed by atoms with Crippen molar-refractivity contribution in [2.75, 3.05) is 11.9 Å². The van der Waals surface area contributed by atoms with E-state index in [1.807, 2.05) is 43.3 Å². The average Bonchev–Trinajstić information content (AvgIpc) is 3.19. The maximum atomic E-state index is 5.85. The van der Waals surface area contributed by atoms with E-state index in [0.29, 0.717) is 12.6 Å². The Hall–Kier alpha value is -2.01. The number of anilines is 1. The van der Waals surface area contributed by atoms with Gasteiger partial charge in [-0.25, -0.2) is 0 Å². The van der Waals surface area contributed by atoms with E-state index in [2.05, 4.69) is 17.1 Å². The number of nitrogens with zero attached hydrogens (tertiary/aromatic N) is 1. The minimum Gasteiger partial charge on any atom is -0.492 e. The molecule has 1 heterocycles. The van der Waals surface area contributed by atoms with Gasteiger partial charge in [-0.1, -0.05) is 31.4 Å². The summed E-state index contributed by atoms with van der Waals surface area (Å²) in [6, 6.07) is 12.4. The Morgan fingerprint density at radius 2 is 2.00 bits per heavy atom. The van der Waals surface area contributed by atoms with Crippen LogP contribution in [-0.4, -0.2) is 22.7 Å². The Morgan fingerprint density at radius 1 is 1.23 bits per heavy atom. The molecular formula is C21H28N2O2S. The van der Waals surface area contributed by atoms with E-state index in [1.165, 1.54) is 32.1 Å². The second kappa shape index (κ2) is 9.08. The Bertz CT molecular complexity index is 696. The molecule has 4 nitrogen and oxygen atoms in total. The first kappa shape index (κ1) is 18.8. The molecule has 0 bridgehead atoms. The van der Waals surface area contributed by atoms with Crippen LogP contribution < -0.4 is 10.1 Å². The third kappa shape index (κ3) is 4.39. The van der Waals surface area contributed by atoms with Crippen molar-refractivity contribution >= 4 is 23.0 Å². The van der Waals surface area contributed by atoms with Gasteiger partial charge in [0.05, 0.1) is 24.6 Å². The monoisotopic (exact) mass is 372 g/mol. The Labute approximate surface area is 161 Å². The van der Waals surface area contributed by atoms with Crippen LogP contribution in [0.5, 0.6) is 5.75 Å². The van der Waals surface area contributed by atoms with Crippen molar-refractivity contribution in [2.45, 2.75) is 58.0 Å². The van der Waals surface area contributed by atoms with Crippen LogP contribution in [0.3, 0.4) is 0 Å². The third-order valence-corrected chi connectivity index (χ3v) is 5.32. The number of nitrogens with one attached hydrogen (secondary N) is 1. The topological polar surface area (TPSA) is 37.6 Å². The molecule has 1 aliphatic carbocycles. The third-order valence-electron chi connectivity index (χ3n) is 5.00. The lowest BCUT2D eigenvalue weighted by molar-refractivity contribution is 0.186. The lowest BCUT2D eigenvalue weighted by Crippen LogP contribution is -2.45. The van der Waals surface area contributed by atoms with Crippen LogP contribution in [0.2, 0.25) is 0 Å². The summed E-state index contributed by atoms with van der Waals surface area (Å²) in [6.45, 7) is 4.78. The van der Waals surface area contributed by atoms with Crippen molar-refractivity contribution in [1.29, 1.82) is 0 Å². The van der Waals surface area contributed by atoms with Gasteiger partial charge >= 0.3 is 0 Å². The fourth-order valence-corrected chi connectivity index (χ4v) is 4.13. The highest BCUT2D eigenvalue weighted by molar-refractivity contribution is 7.80. The van der Waals surface area contributed by atoms with Gasteiger partial charge in [0.2, 0.25) is 0 Å². The molecule has 2 aromatic rings. The summed E-state index contributed by atoms with van der Waals surface area (Å²) in [5.74, 6) is 1.77. The quantitative estimate of drug-likeness (QED) is 0.652. The molecule has 1 fully saturated rings. The molecule has 1 N–H and O–H groups in total. The van der Waals surface area contributed by atoms with Crippen LogP contribution in [0.1, 0.15) is 57.8 Å². The summed E-state index contributed by atoms with van der Waals surface area (Å²) in [4.78, 5) is 2.32. The summed E-state index contributed by atoms with van der Waals surface area (Å²) in [6.07, 6.45) is 7.88. The van der Waals surface area contributed by atoms with E-state index in [0.717, 1.165) is 22.3 Å². The van der Waals surface area contributed by atoms with Crippen LogP contribution in [0, 0.1) is 0 Å². The molecule has 26 heavy (non-hydrogen) atoms. The molecule has 140 valence electrons. The van der Waals surface area contributed by atoms with Crippen molar-refractivity contribution in [2.24, 2.45) is 0 Å². The molecule has 1 aromatic heterocycles. The van der Waals surface area contributed by atoms with Gasteiger partial charge in [0.15, 0.2) is 5.11 Å². The first-order valence-corrected chi connectivity index (χ1v) is 9.96. The Balaban J connectivity index is 1.82. The van der Waals surface area contributed by atoms with Gasteiger partial charge in [0.25, 0.3) is 0 Å². The molecule has 5 heteroatoms. The second-order valence-corrected chi connectivity index (χ2v) is 7.14. The maximum absolute atomic E-state index is 5.85. The predicted molar refractivity (Wildman–Crippen MR) is 110 cm³/mol. The van der Waals surface area contributed by atoms with Crippen molar-refractivity contribution in [3.05, 3.63) is 48.4 Å². The highest BCUT2D eigenvalue weighted by atomic mass is 32.1. The Morgan fingerprint density at radius 3 is 2.69 bits per heavy atom. The number of thiocarbonyl (C=S) groups is 1.